The minimum atomic E-state index is -0.320. The summed E-state index contributed by atoms with van der Waals surface area (Å²) in [5, 5.41) is 12.8. The molecule has 3 nitrogen and oxygen atoms in total. The Morgan fingerprint density at radius 1 is 1.05 bits per heavy atom. The lowest BCUT2D eigenvalue weighted by Gasteiger charge is -2.29. The van der Waals surface area contributed by atoms with Gasteiger partial charge >= 0.3 is 0 Å². The highest BCUT2D eigenvalue weighted by atomic mass is 35.5. The summed E-state index contributed by atoms with van der Waals surface area (Å²) >= 11 is 0. The number of halogens is 1. The van der Waals surface area contributed by atoms with E-state index < -0.39 is 0 Å². The fraction of sp³-hybridized carbons (Fsp3) is 0.333. The van der Waals surface area contributed by atoms with Crippen LogP contribution in [0.25, 0.3) is 0 Å². The van der Waals surface area contributed by atoms with Gasteiger partial charge in [0.25, 0.3) is 0 Å². The van der Waals surface area contributed by atoms with Crippen molar-refractivity contribution in [2.45, 2.75) is 26.4 Å². The van der Waals surface area contributed by atoms with Crippen LogP contribution in [0.15, 0.2) is 54.6 Å². The average molecular weight is 321 g/mol. The molecule has 0 aromatic heterocycles. The van der Waals surface area contributed by atoms with Crippen molar-refractivity contribution in [2.24, 2.45) is 11.1 Å². The maximum absolute atomic E-state index is 9.40. The Morgan fingerprint density at radius 3 is 2.18 bits per heavy atom. The summed E-state index contributed by atoms with van der Waals surface area (Å²) in [6, 6.07) is 18.2. The molecule has 0 aliphatic heterocycles. The van der Waals surface area contributed by atoms with Gasteiger partial charge in [-0.1, -0.05) is 56.3 Å². The SMILES string of the molecule is CC(C)(CO)[C@@H](N)c1ccc(NCc2ccccc2)cc1.Cl. The van der Waals surface area contributed by atoms with Crippen molar-refractivity contribution < 1.29 is 5.11 Å². The van der Waals surface area contributed by atoms with Crippen LogP contribution in [0.5, 0.6) is 0 Å². The van der Waals surface area contributed by atoms with E-state index in [2.05, 4.69) is 17.4 Å². The Hall–Kier alpha value is -1.55. The molecule has 1 atom stereocenters. The van der Waals surface area contributed by atoms with Crippen molar-refractivity contribution in [3.8, 4) is 0 Å². The molecule has 0 heterocycles. The second-order valence-electron chi connectivity index (χ2n) is 6.09. The van der Waals surface area contributed by atoms with Gasteiger partial charge in [0.2, 0.25) is 0 Å². The van der Waals surface area contributed by atoms with Crippen LogP contribution in [0.3, 0.4) is 0 Å². The van der Waals surface area contributed by atoms with Gasteiger partial charge in [0, 0.05) is 30.3 Å². The topological polar surface area (TPSA) is 58.3 Å². The molecule has 0 saturated carbocycles. The van der Waals surface area contributed by atoms with Crippen molar-refractivity contribution in [3.63, 3.8) is 0 Å². The fourth-order valence-electron chi connectivity index (χ4n) is 2.16. The molecule has 0 radical (unpaired) electrons. The van der Waals surface area contributed by atoms with Crippen LogP contribution < -0.4 is 11.1 Å². The molecule has 2 rings (SSSR count). The molecule has 0 fully saturated rings. The quantitative estimate of drug-likeness (QED) is 0.760. The molecular formula is C18H25ClN2O. The van der Waals surface area contributed by atoms with E-state index in [1.807, 2.05) is 56.3 Å². The van der Waals surface area contributed by atoms with Gasteiger partial charge in [-0.15, -0.1) is 12.4 Å². The monoisotopic (exact) mass is 320 g/mol. The summed E-state index contributed by atoms with van der Waals surface area (Å²) < 4.78 is 0. The third-order valence-corrected chi connectivity index (χ3v) is 3.86. The van der Waals surface area contributed by atoms with Gasteiger partial charge in [0.15, 0.2) is 0 Å². The van der Waals surface area contributed by atoms with Crippen LogP contribution >= 0.6 is 12.4 Å². The van der Waals surface area contributed by atoms with E-state index in [4.69, 9.17) is 5.73 Å². The van der Waals surface area contributed by atoms with Crippen molar-refractivity contribution in [1.29, 1.82) is 0 Å². The van der Waals surface area contributed by atoms with Crippen molar-refractivity contribution in [2.75, 3.05) is 11.9 Å². The molecule has 4 N–H and O–H groups in total. The smallest absolute Gasteiger partial charge is 0.0500 e. The summed E-state index contributed by atoms with van der Waals surface area (Å²) in [4.78, 5) is 0. The Bertz CT molecular complexity index is 555. The van der Waals surface area contributed by atoms with Crippen LogP contribution in [0.2, 0.25) is 0 Å². The second kappa shape index (κ2) is 8.18. The summed E-state index contributed by atoms with van der Waals surface area (Å²) in [5.41, 5.74) is 9.25. The molecule has 0 unspecified atom stereocenters. The highest BCUT2D eigenvalue weighted by Crippen LogP contribution is 2.31. The number of anilines is 1. The Labute approximate surface area is 139 Å². The number of rotatable bonds is 6. The summed E-state index contributed by atoms with van der Waals surface area (Å²) in [7, 11) is 0. The third kappa shape index (κ3) is 4.73. The van der Waals surface area contributed by atoms with Gasteiger partial charge in [0.1, 0.15) is 0 Å². The number of nitrogens with two attached hydrogens (primary N) is 1. The Balaban J connectivity index is 0.00000242. The number of hydrogen-bond donors (Lipinski definition) is 3. The van der Waals surface area contributed by atoms with Gasteiger partial charge in [-0.2, -0.15) is 0 Å². The van der Waals surface area contributed by atoms with Crippen LogP contribution in [-0.4, -0.2) is 11.7 Å². The molecule has 0 aliphatic rings. The van der Waals surface area contributed by atoms with E-state index in [-0.39, 0.29) is 30.5 Å². The van der Waals surface area contributed by atoms with Gasteiger partial charge in [-0.3, -0.25) is 0 Å². The second-order valence-corrected chi connectivity index (χ2v) is 6.09. The largest absolute Gasteiger partial charge is 0.396 e. The minimum Gasteiger partial charge on any atom is -0.396 e. The standard InChI is InChI=1S/C18H24N2O.ClH/c1-18(2,13-21)17(19)15-8-10-16(11-9-15)20-12-14-6-4-3-5-7-14;/h3-11,17,20-21H,12-13,19H2,1-2H3;1H/t17-;/m0./s1. The van der Waals surface area contributed by atoms with E-state index in [1.54, 1.807) is 0 Å². The van der Waals surface area contributed by atoms with E-state index in [0.717, 1.165) is 17.8 Å². The number of aliphatic hydroxyl groups excluding tert-OH is 1. The molecule has 120 valence electrons. The zero-order chi connectivity index (χ0) is 15.3. The predicted octanol–water partition coefficient (Wildman–Crippen LogP) is 3.74. The lowest BCUT2D eigenvalue weighted by molar-refractivity contribution is 0.132. The maximum Gasteiger partial charge on any atom is 0.0500 e. The predicted molar refractivity (Wildman–Crippen MR) is 95.3 cm³/mol. The zero-order valence-electron chi connectivity index (χ0n) is 13.1. The highest BCUT2D eigenvalue weighted by molar-refractivity contribution is 5.85. The van der Waals surface area contributed by atoms with Crippen LogP contribution in [0.1, 0.15) is 31.0 Å². The zero-order valence-corrected chi connectivity index (χ0v) is 13.9. The molecular weight excluding hydrogens is 296 g/mol. The lowest BCUT2D eigenvalue weighted by atomic mass is 9.82. The van der Waals surface area contributed by atoms with Crippen molar-refractivity contribution in [1.82, 2.24) is 0 Å². The Kier molecular flexibility index (Phi) is 6.88. The highest BCUT2D eigenvalue weighted by Gasteiger charge is 2.26. The summed E-state index contributed by atoms with van der Waals surface area (Å²) in [6.07, 6.45) is 0. The van der Waals surface area contributed by atoms with E-state index in [9.17, 15) is 5.11 Å². The first-order chi connectivity index (χ1) is 10.0. The minimum absolute atomic E-state index is 0. The average Bonchev–Trinajstić information content (AvgIpc) is 2.53. The maximum atomic E-state index is 9.40. The van der Waals surface area contributed by atoms with Crippen LogP contribution in [0.4, 0.5) is 5.69 Å². The fourth-order valence-corrected chi connectivity index (χ4v) is 2.16. The molecule has 0 saturated heterocycles. The van der Waals surface area contributed by atoms with E-state index in [1.165, 1.54) is 5.56 Å². The lowest BCUT2D eigenvalue weighted by Crippen LogP contribution is -2.32. The third-order valence-electron chi connectivity index (χ3n) is 3.86. The van der Waals surface area contributed by atoms with Gasteiger partial charge in [-0.25, -0.2) is 0 Å². The molecule has 4 heteroatoms. The van der Waals surface area contributed by atoms with E-state index in [0.29, 0.717) is 0 Å². The first-order valence-electron chi connectivity index (χ1n) is 7.27. The Morgan fingerprint density at radius 2 is 1.64 bits per heavy atom. The molecule has 0 bridgehead atoms. The van der Waals surface area contributed by atoms with Crippen LogP contribution in [-0.2, 0) is 6.54 Å². The van der Waals surface area contributed by atoms with Gasteiger partial charge < -0.3 is 16.2 Å². The van der Waals surface area contributed by atoms with Crippen LogP contribution in [0, 0.1) is 5.41 Å². The van der Waals surface area contributed by atoms with E-state index >= 15 is 0 Å². The number of nitrogens with one attached hydrogen (secondary N) is 1. The number of aliphatic hydroxyl groups is 1. The van der Waals surface area contributed by atoms with Gasteiger partial charge in [0.05, 0.1) is 0 Å². The molecule has 0 spiro atoms. The molecule has 2 aromatic rings. The normalized spacial score (nSPS) is 12.4. The molecule has 22 heavy (non-hydrogen) atoms. The number of benzene rings is 2. The van der Waals surface area contributed by atoms with Crippen molar-refractivity contribution >= 4 is 18.1 Å². The number of hydrogen-bond acceptors (Lipinski definition) is 3. The summed E-state index contributed by atoms with van der Waals surface area (Å²) in [5.74, 6) is 0. The molecule has 2 aromatic carbocycles. The molecule has 0 aliphatic carbocycles. The summed E-state index contributed by atoms with van der Waals surface area (Å²) in [6.45, 7) is 4.81. The van der Waals surface area contributed by atoms with Gasteiger partial charge in [-0.05, 0) is 23.3 Å². The molecule has 0 amide bonds. The first-order valence-corrected chi connectivity index (χ1v) is 7.27. The first kappa shape index (κ1) is 18.5. The van der Waals surface area contributed by atoms with Crippen molar-refractivity contribution in [3.05, 3.63) is 65.7 Å².